The first-order chi connectivity index (χ1) is 20.3. The molecule has 1 fully saturated rings. The van der Waals surface area contributed by atoms with Gasteiger partial charge in [-0.05, 0) is 74.2 Å². The zero-order valence-corrected chi connectivity index (χ0v) is 22.7. The van der Waals surface area contributed by atoms with Gasteiger partial charge in [0, 0.05) is 34.1 Å². The topological polar surface area (TPSA) is 76.1 Å². The molecule has 0 bridgehead atoms. The lowest BCUT2D eigenvalue weighted by molar-refractivity contribution is -0.140. The van der Waals surface area contributed by atoms with Crippen molar-refractivity contribution >= 4 is 33.4 Å². The van der Waals surface area contributed by atoms with Gasteiger partial charge in [0.1, 0.15) is 18.1 Å². The summed E-state index contributed by atoms with van der Waals surface area (Å²) in [6.45, 7) is 0.310. The van der Waals surface area contributed by atoms with Gasteiger partial charge in [-0.3, -0.25) is 4.79 Å². The Morgan fingerprint density at radius 3 is 2.40 bits per heavy atom. The average molecular weight is 571 g/mol. The van der Waals surface area contributed by atoms with Crippen LogP contribution >= 0.6 is 0 Å². The number of pyridine rings is 2. The highest BCUT2D eigenvalue weighted by molar-refractivity contribution is 5.94. The first-order valence-corrected chi connectivity index (χ1v) is 13.9. The van der Waals surface area contributed by atoms with Gasteiger partial charge in [0.15, 0.2) is 0 Å². The molecule has 1 amide bonds. The molecule has 1 aliphatic carbocycles. The standard InChI is InChI=1S/C33H29F3N4O2/c34-33(35,36)31-19-30(27-9-2-4-11-29(27)40-31)37-23-7-5-8-24(18-23)39-32(41)22-13-16-26(17-14-22)42-20-25-15-12-21-6-1-3-10-28(21)38-25/h1-4,6,9-17,19,23-24H,5,7-8,18,20H2,(H,37,40)(H,39,41)/t23-,24+/m0/s1. The normalized spacial score (nSPS) is 17.2. The van der Waals surface area contributed by atoms with E-state index < -0.39 is 11.9 Å². The van der Waals surface area contributed by atoms with Gasteiger partial charge >= 0.3 is 6.18 Å². The van der Waals surface area contributed by atoms with Crippen molar-refractivity contribution in [1.82, 2.24) is 15.3 Å². The molecule has 1 aliphatic rings. The lowest BCUT2D eigenvalue weighted by Crippen LogP contribution is -2.41. The van der Waals surface area contributed by atoms with E-state index in [-0.39, 0.29) is 23.5 Å². The van der Waals surface area contributed by atoms with E-state index in [1.165, 1.54) is 0 Å². The molecule has 0 spiro atoms. The number of para-hydroxylation sites is 2. The Bertz CT molecular complexity index is 1720. The van der Waals surface area contributed by atoms with Crippen LogP contribution in [0.15, 0.2) is 91.0 Å². The minimum Gasteiger partial charge on any atom is -0.487 e. The summed E-state index contributed by atoms with van der Waals surface area (Å²) in [5.41, 5.74) is 1.99. The molecule has 0 aliphatic heterocycles. The van der Waals surface area contributed by atoms with Gasteiger partial charge in [-0.2, -0.15) is 13.2 Å². The number of amides is 1. The van der Waals surface area contributed by atoms with Gasteiger partial charge in [0.25, 0.3) is 5.91 Å². The molecule has 214 valence electrons. The van der Waals surface area contributed by atoms with Gasteiger partial charge in [0.05, 0.1) is 16.7 Å². The Morgan fingerprint density at radius 2 is 1.60 bits per heavy atom. The number of hydrogen-bond acceptors (Lipinski definition) is 5. The van der Waals surface area contributed by atoms with Gasteiger partial charge in [-0.15, -0.1) is 0 Å². The molecule has 0 radical (unpaired) electrons. The van der Waals surface area contributed by atoms with Crippen LogP contribution in [0.25, 0.3) is 21.8 Å². The number of alkyl halides is 3. The maximum Gasteiger partial charge on any atom is 0.433 e. The number of benzene rings is 3. The average Bonchev–Trinajstić information content (AvgIpc) is 3.00. The fourth-order valence-corrected chi connectivity index (χ4v) is 5.43. The van der Waals surface area contributed by atoms with Gasteiger partial charge < -0.3 is 15.4 Å². The molecule has 0 unspecified atom stereocenters. The van der Waals surface area contributed by atoms with Crippen molar-refractivity contribution in [2.45, 2.75) is 50.6 Å². The first kappa shape index (κ1) is 27.5. The van der Waals surface area contributed by atoms with Crippen molar-refractivity contribution < 1.29 is 22.7 Å². The summed E-state index contributed by atoms with van der Waals surface area (Å²) < 4.78 is 46.3. The summed E-state index contributed by atoms with van der Waals surface area (Å²) in [5, 5.41) is 8.11. The largest absolute Gasteiger partial charge is 0.487 e. The number of hydrogen-bond donors (Lipinski definition) is 2. The molecule has 9 heteroatoms. The fraction of sp³-hybridized carbons (Fsp3) is 0.242. The van der Waals surface area contributed by atoms with E-state index >= 15 is 0 Å². The number of halogens is 3. The van der Waals surface area contributed by atoms with E-state index in [1.807, 2.05) is 36.4 Å². The number of fused-ring (bicyclic) bond motifs is 2. The number of nitrogens with zero attached hydrogens (tertiary/aromatic N) is 2. The van der Waals surface area contributed by atoms with E-state index in [9.17, 15) is 18.0 Å². The fourth-order valence-electron chi connectivity index (χ4n) is 5.43. The predicted octanol–water partition coefficient (Wildman–Crippen LogP) is 7.53. The molecule has 6 nitrogen and oxygen atoms in total. The van der Waals surface area contributed by atoms with Crippen LogP contribution < -0.4 is 15.4 Å². The van der Waals surface area contributed by atoms with Crippen LogP contribution in [0.5, 0.6) is 5.75 Å². The van der Waals surface area contributed by atoms with Crippen LogP contribution in [-0.2, 0) is 12.8 Å². The minimum atomic E-state index is -4.54. The lowest BCUT2D eigenvalue weighted by Gasteiger charge is -2.31. The Kier molecular flexibility index (Phi) is 7.65. The molecule has 2 heterocycles. The molecule has 6 rings (SSSR count). The summed E-state index contributed by atoms with van der Waals surface area (Å²) in [5.74, 6) is 0.434. The molecule has 1 saturated carbocycles. The summed E-state index contributed by atoms with van der Waals surface area (Å²) >= 11 is 0. The van der Waals surface area contributed by atoms with Crippen molar-refractivity contribution in [3.8, 4) is 5.75 Å². The predicted molar refractivity (Wildman–Crippen MR) is 156 cm³/mol. The number of carbonyl (C=O) groups excluding carboxylic acids is 1. The van der Waals surface area contributed by atoms with Gasteiger partial charge in [0.2, 0.25) is 0 Å². The quantitative estimate of drug-likeness (QED) is 0.212. The van der Waals surface area contributed by atoms with E-state index in [0.717, 1.165) is 41.9 Å². The number of rotatable bonds is 7. The zero-order valence-electron chi connectivity index (χ0n) is 22.7. The highest BCUT2D eigenvalue weighted by Crippen LogP contribution is 2.34. The Labute approximate surface area is 240 Å². The van der Waals surface area contributed by atoms with Crippen molar-refractivity contribution in [2.24, 2.45) is 0 Å². The van der Waals surface area contributed by atoms with Crippen LogP contribution in [0.2, 0.25) is 0 Å². The summed E-state index contributed by atoms with van der Waals surface area (Å²) in [6, 6.07) is 26.5. The first-order valence-electron chi connectivity index (χ1n) is 13.9. The molecule has 2 atom stereocenters. The second-order valence-electron chi connectivity index (χ2n) is 10.6. The molecule has 3 aromatic carbocycles. The Balaban J connectivity index is 1.06. The SMILES string of the molecule is O=C(N[C@@H]1CCC[C@H](Nc2cc(C(F)(F)F)nc3ccccc23)C1)c1ccc(OCc2ccc3ccccc3n2)cc1. The summed E-state index contributed by atoms with van der Waals surface area (Å²) in [6.07, 6.45) is -1.51. The third-order valence-corrected chi connectivity index (χ3v) is 7.53. The monoisotopic (exact) mass is 570 g/mol. The van der Waals surface area contributed by atoms with Gasteiger partial charge in [-0.25, -0.2) is 9.97 Å². The molecule has 2 N–H and O–H groups in total. The number of anilines is 1. The number of carbonyl (C=O) groups is 1. The smallest absolute Gasteiger partial charge is 0.433 e. The number of ether oxygens (including phenoxy) is 1. The summed E-state index contributed by atoms with van der Waals surface area (Å²) in [4.78, 5) is 21.4. The maximum atomic E-state index is 13.5. The van der Waals surface area contributed by atoms with Crippen LogP contribution in [-0.4, -0.2) is 28.0 Å². The molecule has 5 aromatic rings. The number of aromatic nitrogens is 2. The zero-order chi connectivity index (χ0) is 29.1. The van der Waals surface area contributed by atoms with Crippen LogP contribution in [0, 0.1) is 0 Å². The van der Waals surface area contributed by atoms with Crippen molar-refractivity contribution in [3.05, 3.63) is 108 Å². The molecule has 2 aromatic heterocycles. The van der Waals surface area contributed by atoms with E-state index in [0.29, 0.717) is 35.4 Å². The second-order valence-corrected chi connectivity index (χ2v) is 10.6. The van der Waals surface area contributed by atoms with E-state index in [4.69, 9.17) is 4.74 Å². The van der Waals surface area contributed by atoms with Gasteiger partial charge in [-0.1, -0.05) is 42.5 Å². The summed E-state index contributed by atoms with van der Waals surface area (Å²) in [7, 11) is 0. The third kappa shape index (κ3) is 6.30. The number of nitrogens with one attached hydrogen (secondary N) is 2. The molecule has 0 saturated heterocycles. The van der Waals surface area contributed by atoms with E-state index in [1.54, 1.807) is 48.5 Å². The van der Waals surface area contributed by atoms with Crippen molar-refractivity contribution in [2.75, 3.05) is 5.32 Å². The van der Waals surface area contributed by atoms with E-state index in [2.05, 4.69) is 20.6 Å². The lowest BCUT2D eigenvalue weighted by atomic mass is 9.90. The van der Waals surface area contributed by atoms with Crippen LogP contribution in [0.3, 0.4) is 0 Å². The van der Waals surface area contributed by atoms with Crippen LogP contribution in [0.1, 0.15) is 47.4 Å². The maximum absolute atomic E-state index is 13.5. The minimum absolute atomic E-state index is 0.0876. The third-order valence-electron chi connectivity index (χ3n) is 7.53. The van der Waals surface area contributed by atoms with Crippen molar-refractivity contribution in [1.29, 1.82) is 0 Å². The highest BCUT2D eigenvalue weighted by Gasteiger charge is 2.34. The van der Waals surface area contributed by atoms with Crippen molar-refractivity contribution in [3.63, 3.8) is 0 Å². The Hall–Kier alpha value is -4.66. The molecular weight excluding hydrogens is 541 g/mol. The Morgan fingerprint density at radius 1 is 0.857 bits per heavy atom. The molecular formula is C33H29F3N4O2. The highest BCUT2D eigenvalue weighted by atomic mass is 19.4. The van der Waals surface area contributed by atoms with Crippen LogP contribution in [0.4, 0.5) is 18.9 Å². The molecule has 42 heavy (non-hydrogen) atoms. The second kappa shape index (κ2) is 11.7.